The van der Waals surface area contributed by atoms with Gasteiger partial charge in [0.2, 0.25) is 0 Å². The molecule has 2 unspecified atom stereocenters. The van der Waals surface area contributed by atoms with Crippen molar-refractivity contribution < 1.29 is 4.79 Å². The molecule has 0 amide bonds. The highest BCUT2D eigenvalue weighted by Gasteiger charge is 2.58. The molecule has 1 aromatic rings. The van der Waals surface area contributed by atoms with Gasteiger partial charge >= 0.3 is 0 Å². The summed E-state index contributed by atoms with van der Waals surface area (Å²) in [5.41, 5.74) is 2.55. The molecular formula is C19H25NO. The van der Waals surface area contributed by atoms with E-state index >= 15 is 0 Å². The molecule has 4 fully saturated rings. The molecule has 0 aromatic carbocycles. The fourth-order valence-electron chi connectivity index (χ4n) is 6.00. The Labute approximate surface area is 127 Å². The number of nitrogens with zero attached hydrogens (tertiary/aromatic N) is 1. The van der Waals surface area contributed by atoms with Gasteiger partial charge in [0.05, 0.1) is 0 Å². The van der Waals surface area contributed by atoms with Gasteiger partial charge in [-0.15, -0.1) is 0 Å². The first kappa shape index (κ1) is 13.5. The first-order valence-electron chi connectivity index (χ1n) is 8.41. The molecule has 0 aliphatic heterocycles. The van der Waals surface area contributed by atoms with Crippen molar-refractivity contribution in [2.24, 2.45) is 22.7 Å². The number of aromatic nitrogens is 1. The van der Waals surface area contributed by atoms with Gasteiger partial charge in [-0.1, -0.05) is 13.0 Å². The van der Waals surface area contributed by atoms with Gasteiger partial charge in [0.1, 0.15) is 5.78 Å². The molecule has 112 valence electrons. The lowest BCUT2D eigenvalue weighted by molar-refractivity contribution is -0.152. The molecule has 5 rings (SSSR count). The summed E-state index contributed by atoms with van der Waals surface area (Å²) in [7, 11) is 0. The summed E-state index contributed by atoms with van der Waals surface area (Å²) in [6.07, 6.45) is 9.97. The van der Waals surface area contributed by atoms with Crippen LogP contribution in [0.25, 0.3) is 0 Å². The molecule has 2 heteroatoms. The van der Waals surface area contributed by atoms with Crippen LogP contribution in [0.15, 0.2) is 18.3 Å². The van der Waals surface area contributed by atoms with Crippen LogP contribution in [0.3, 0.4) is 0 Å². The maximum Gasteiger partial charge on any atom is 0.145 e. The van der Waals surface area contributed by atoms with Gasteiger partial charge in [-0.25, -0.2) is 0 Å². The average Bonchev–Trinajstić information content (AvgIpc) is 2.38. The van der Waals surface area contributed by atoms with E-state index in [2.05, 4.69) is 18.0 Å². The number of carbonyl (C=O) groups excluding carboxylic acids is 1. The Morgan fingerprint density at radius 1 is 1.24 bits per heavy atom. The minimum absolute atomic E-state index is 0.00853. The second-order valence-electron chi connectivity index (χ2n) is 8.48. The normalized spacial score (nSPS) is 40.5. The average molecular weight is 283 g/mol. The van der Waals surface area contributed by atoms with E-state index in [-0.39, 0.29) is 5.41 Å². The molecule has 0 radical (unpaired) electrons. The number of Topliss-reactive ketones (excluding diaryl/α,β-unsaturated/α-hetero) is 1. The fourth-order valence-corrected chi connectivity index (χ4v) is 6.00. The number of hydrogen-bond acceptors (Lipinski definition) is 2. The molecule has 4 aliphatic carbocycles. The maximum absolute atomic E-state index is 13.1. The zero-order valence-electron chi connectivity index (χ0n) is 13.2. The Bertz CT molecular complexity index is 560. The zero-order valence-corrected chi connectivity index (χ0v) is 13.2. The number of rotatable bonds is 3. The summed E-state index contributed by atoms with van der Waals surface area (Å²) in [6.45, 7) is 4.47. The third-order valence-electron chi connectivity index (χ3n) is 6.26. The van der Waals surface area contributed by atoms with Crippen molar-refractivity contribution in [3.63, 3.8) is 0 Å². The molecule has 2 nitrogen and oxygen atoms in total. The molecule has 0 spiro atoms. The van der Waals surface area contributed by atoms with E-state index in [1.807, 2.05) is 19.2 Å². The quantitative estimate of drug-likeness (QED) is 0.835. The Hall–Kier alpha value is -1.18. The SMILES string of the molecule is Cc1ccc(CC(=O)C23CC4CC(CC(C)(C4)C2)C3)nc1. The van der Waals surface area contributed by atoms with Crippen LogP contribution in [-0.4, -0.2) is 10.8 Å². The summed E-state index contributed by atoms with van der Waals surface area (Å²) >= 11 is 0. The Kier molecular flexibility index (Phi) is 2.83. The minimum Gasteiger partial charge on any atom is -0.299 e. The van der Waals surface area contributed by atoms with Crippen molar-refractivity contribution in [3.05, 3.63) is 29.6 Å². The number of aryl methyl sites for hydroxylation is 1. The van der Waals surface area contributed by atoms with Gasteiger partial charge in [-0.3, -0.25) is 9.78 Å². The molecule has 2 atom stereocenters. The van der Waals surface area contributed by atoms with Crippen molar-refractivity contribution in [3.8, 4) is 0 Å². The van der Waals surface area contributed by atoms with Gasteiger partial charge in [-0.05, 0) is 74.3 Å². The van der Waals surface area contributed by atoms with Crippen LogP contribution >= 0.6 is 0 Å². The molecule has 4 aliphatic rings. The number of ketones is 1. The highest BCUT2D eigenvalue weighted by atomic mass is 16.1. The van der Waals surface area contributed by atoms with Crippen molar-refractivity contribution in [2.75, 3.05) is 0 Å². The first-order valence-corrected chi connectivity index (χ1v) is 8.41. The Balaban J connectivity index is 1.57. The highest BCUT2D eigenvalue weighted by Crippen LogP contribution is 2.65. The maximum atomic E-state index is 13.1. The lowest BCUT2D eigenvalue weighted by Gasteiger charge is -2.60. The largest absolute Gasteiger partial charge is 0.299 e. The monoisotopic (exact) mass is 283 g/mol. The topological polar surface area (TPSA) is 30.0 Å². The van der Waals surface area contributed by atoms with Crippen LogP contribution in [0.2, 0.25) is 0 Å². The van der Waals surface area contributed by atoms with E-state index in [4.69, 9.17) is 0 Å². The van der Waals surface area contributed by atoms with E-state index in [1.54, 1.807) is 0 Å². The van der Waals surface area contributed by atoms with Crippen LogP contribution in [-0.2, 0) is 11.2 Å². The fraction of sp³-hybridized carbons (Fsp3) is 0.684. The van der Waals surface area contributed by atoms with Crippen LogP contribution in [0, 0.1) is 29.6 Å². The van der Waals surface area contributed by atoms with Crippen LogP contribution in [0.4, 0.5) is 0 Å². The molecule has 0 N–H and O–H groups in total. The Morgan fingerprint density at radius 2 is 1.95 bits per heavy atom. The predicted octanol–water partition coefficient (Wildman–Crippen LogP) is 4.11. The van der Waals surface area contributed by atoms with E-state index < -0.39 is 0 Å². The Morgan fingerprint density at radius 3 is 2.52 bits per heavy atom. The number of pyridine rings is 1. The zero-order chi connectivity index (χ0) is 14.7. The molecule has 4 bridgehead atoms. The predicted molar refractivity (Wildman–Crippen MR) is 82.9 cm³/mol. The third-order valence-corrected chi connectivity index (χ3v) is 6.26. The standard InChI is InChI=1S/C19H25NO/c1-13-3-4-16(20-11-13)6-17(21)19-9-14-5-15(10-19)8-18(2,7-14)12-19/h3-4,11,14-15H,5-10,12H2,1-2H3. The molecule has 1 aromatic heterocycles. The van der Waals surface area contributed by atoms with E-state index in [1.165, 1.54) is 19.3 Å². The lowest BCUT2D eigenvalue weighted by Crippen LogP contribution is -2.54. The van der Waals surface area contributed by atoms with Gasteiger partial charge in [0.15, 0.2) is 0 Å². The molecule has 1 heterocycles. The van der Waals surface area contributed by atoms with Gasteiger partial charge in [0, 0.05) is 23.7 Å². The highest BCUT2D eigenvalue weighted by molar-refractivity contribution is 5.87. The van der Waals surface area contributed by atoms with Gasteiger partial charge < -0.3 is 0 Å². The second-order valence-corrected chi connectivity index (χ2v) is 8.48. The number of carbonyl (C=O) groups is 1. The van der Waals surface area contributed by atoms with Crippen LogP contribution in [0.1, 0.15) is 56.7 Å². The third kappa shape index (κ3) is 2.23. The van der Waals surface area contributed by atoms with Crippen molar-refractivity contribution in [2.45, 2.75) is 58.8 Å². The molecule has 4 saturated carbocycles. The van der Waals surface area contributed by atoms with Crippen LogP contribution < -0.4 is 0 Å². The first-order chi connectivity index (χ1) is 9.96. The van der Waals surface area contributed by atoms with Crippen molar-refractivity contribution in [1.29, 1.82) is 0 Å². The second kappa shape index (κ2) is 4.41. The van der Waals surface area contributed by atoms with Crippen molar-refractivity contribution in [1.82, 2.24) is 4.98 Å². The van der Waals surface area contributed by atoms with E-state index in [9.17, 15) is 4.79 Å². The molecule has 21 heavy (non-hydrogen) atoms. The van der Waals surface area contributed by atoms with Gasteiger partial charge in [0.25, 0.3) is 0 Å². The minimum atomic E-state index is -0.00853. The van der Waals surface area contributed by atoms with E-state index in [0.29, 0.717) is 17.6 Å². The summed E-state index contributed by atoms with van der Waals surface area (Å²) in [5, 5.41) is 0. The van der Waals surface area contributed by atoms with Gasteiger partial charge in [-0.2, -0.15) is 0 Å². The van der Waals surface area contributed by atoms with E-state index in [0.717, 1.165) is 42.4 Å². The smallest absolute Gasteiger partial charge is 0.145 e. The molecule has 0 saturated heterocycles. The van der Waals surface area contributed by atoms with Crippen LogP contribution in [0.5, 0.6) is 0 Å². The molecular weight excluding hydrogens is 258 g/mol. The summed E-state index contributed by atoms with van der Waals surface area (Å²) < 4.78 is 0. The summed E-state index contributed by atoms with van der Waals surface area (Å²) in [4.78, 5) is 17.5. The summed E-state index contributed by atoms with van der Waals surface area (Å²) in [5.74, 6) is 2.09. The van der Waals surface area contributed by atoms with Crippen molar-refractivity contribution >= 4 is 5.78 Å². The lowest BCUT2D eigenvalue weighted by atomic mass is 9.43. The summed E-state index contributed by atoms with van der Waals surface area (Å²) in [6, 6.07) is 4.09. The number of hydrogen-bond donors (Lipinski definition) is 0.